The molecule has 1 aliphatic rings. The van der Waals surface area contributed by atoms with Crippen molar-refractivity contribution in [2.24, 2.45) is 11.8 Å². The van der Waals surface area contributed by atoms with Crippen LogP contribution in [0.2, 0.25) is 0 Å². The van der Waals surface area contributed by atoms with Crippen molar-refractivity contribution in [1.82, 2.24) is 5.32 Å². The van der Waals surface area contributed by atoms with Gasteiger partial charge < -0.3 is 10.4 Å². The number of amides is 1. The molecule has 0 saturated heterocycles. The van der Waals surface area contributed by atoms with Gasteiger partial charge in [-0.25, -0.2) is 0 Å². The quantitative estimate of drug-likeness (QED) is 0.0824. The highest BCUT2D eigenvalue weighted by Crippen LogP contribution is 2.45. The molecule has 3 nitrogen and oxygen atoms in total. The van der Waals surface area contributed by atoms with E-state index in [2.05, 4.69) is 26.1 Å². The molecule has 1 saturated carbocycles. The predicted octanol–water partition coefficient (Wildman–Crippen LogP) is 11.5. The van der Waals surface area contributed by atoms with Crippen LogP contribution in [0.4, 0.5) is 0 Å². The molecule has 0 heterocycles. The summed E-state index contributed by atoms with van der Waals surface area (Å²) in [6.45, 7) is 6.65. The molecule has 1 amide bonds. The average Bonchev–Trinajstić information content (AvgIpc) is 3.71. The van der Waals surface area contributed by atoms with E-state index in [1.54, 1.807) is 0 Å². The molecule has 238 valence electrons. The number of aliphatic hydroxyl groups excluding tert-OH is 1. The van der Waals surface area contributed by atoms with Gasteiger partial charge in [0.15, 0.2) is 0 Å². The fourth-order valence-electron chi connectivity index (χ4n) is 6.57. The van der Waals surface area contributed by atoms with Gasteiger partial charge in [0.25, 0.3) is 0 Å². The summed E-state index contributed by atoms with van der Waals surface area (Å²) in [5, 5.41) is 13.8. The van der Waals surface area contributed by atoms with Crippen molar-refractivity contribution in [2.75, 3.05) is 0 Å². The maximum atomic E-state index is 12.4. The maximum absolute atomic E-state index is 12.4. The van der Waals surface area contributed by atoms with Crippen LogP contribution in [0.5, 0.6) is 0 Å². The smallest absolute Gasteiger partial charge is 0.220 e. The number of carbonyl (C=O) groups is 1. The Kier molecular flexibility index (Phi) is 25.5. The fraction of sp³-hybridized carbons (Fsp3) is 0.973. The molecule has 0 bridgehead atoms. The molecular weight excluding hydrogens is 490 g/mol. The summed E-state index contributed by atoms with van der Waals surface area (Å²) in [4.78, 5) is 12.4. The maximum Gasteiger partial charge on any atom is 0.220 e. The Hall–Kier alpha value is -0.570. The van der Waals surface area contributed by atoms with Crippen LogP contribution in [-0.4, -0.2) is 23.2 Å². The summed E-state index contributed by atoms with van der Waals surface area (Å²) < 4.78 is 0. The molecule has 1 fully saturated rings. The minimum Gasteiger partial charge on any atom is -0.391 e. The third kappa shape index (κ3) is 22.1. The van der Waals surface area contributed by atoms with Crippen molar-refractivity contribution >= 4 is 5.91 Å². The van der Waals surface area contributed by atoms with Crippen molar-refractivity contribution < 1.29 is 9.90 Å². The van der Waals surface area contributed by atoms with E-state index in [0.717, 1.165) is 43.9 Å². The van der Waals surface area contributed by atoms with Gasteiger partial charge in [-0.1, -0.05) is 175 Å². The first-order valence-electron chi connectivity index (χ1n) is 18.6. The van der Waals surface area contributed by atoms with E-state index in [9.17, 15) is 9.90 Å². The van der Waals surface area contributed by atoms with E-state index in [1.807, 2.05) is 0 Å². The predicted molar refractivity (Wildman–Crippen MR) is 176 cm³/mol. The average molecular weight is 564 g/mol. The largest absolute Gasteiger partial charge is 0.391 e. The van der Waals surface area contributed by atoms with Crippen molar-refractivity contribution in [3.8, 4) is 0 Å². The first-order chi connectivity index (χ1) is 19.6. The lowest BCUT2D eigenvalue weighted by atomic mass is 10.00. The number of hydrogen-bond donors (Lipinski definition) is 2. The number of unbranched alkanes of at least 4 members (excludes halogenated alkanes) is 20. The molecule has 4 atom stereocenters. The van der Waals surface area contributed by atoms with Crippen LogP contribution >= 0.6 is 0 Å². The van der Waals surface area contributed by atoms with E-state index in [0.29, 0.717) is 6.42 Å². The Labute approximate surface area is 251 Å². The minimum absolute atomic E-state index is 0.0808. The molecule has 40 heavy (non-hydrogen) atoms. The molecule has 0 radical (unpaired) electrons. The monoisotopic (exact) mass is 564 g/mol. The van der Waals surface area contributed by atoms with Gasteiger partial charge >= 0.3 is 0 Å². The number of hydrogen-bond acceptors (Lipinski definition) is 2. The summed E-state index contributed by atoms with van der Waals surface area (Å²) in [6.07, 6.45) is 37.0. The van der Waals surface area contributed by atoms with Crippen LogP contribution in [0, 0.1) is 11.8 Å². The Balaban J connectivity index is 1.89. The highest BCUT2D eigenvalue weighted by atomic mass is 16.3. The molecule has 0 aromatic rings. The van der Waals surface area contributed by atoms with Gasteiger partial charge in [0, 0.05) is 6.42 Å². The number of carbonyl (C=O) groups excluding carboxylic acids is 1. The van der Waals surface area contributed by atoms with Gasteiger partial charge in [-0.05, 0) is 37.5 Å². The second kappa shape index (κ2) is 27.3. The molecular formula is C37H73NO2. The van der Waals surface area contributed by atoms with Crippen LogP contribution in [0.1, 0.15) is 207 Å². The van der Waals surface area contributed by atoms with Gasteiger partial charge in [-0.15, -0.1) is 0 Å². The lowest BCUT2D eigenvalue weighted by Crippen LogP contribution is -2.42. The molecule has 1 aliphatic carbocycles. The summed E-state index contributed by atoms with van der Waals surface area (Å²) in [5.41, 5.74) is 0. The Bertz CT molecular complexity index is 550. The first-order valence-corrected chi connectivity index (χ1v) is 18.6. The van der Waals surface area contributed by atoms with Crippen molar-refractivity contribution in [2.45, 2.75) is 219 Å². The molecule has 0 aromatic heterocycles. The van der Waals surface area contributed by atoms with Crippen molar-refractivity contribution in [3.05, 3.63) is 0 Å². The van der Waals surface area contributed by atoms with Crippen molar-refractivity contribution in [3.63, 3.8) is 0 Å². The topological polar surface area (TPSA) is 49.3 Å². The molecule has 1 rings (SSSR count). The Morgan fingerprint density at radius 2 is 1.00 bits per heavy atom. The normalized spacial score (nSPS) is 18.1. The van der Waals surface area contributed by atoms with Gasteiger partial charge in [0.1, 0.15) is 0 Å². The second-order valence-electron chi connectivity index (χ2n) is 13.4. The van der Waals surface area contributed by atoms with E-state index in [1.165, 1.54) is 148 Å². The third-order valence-electron chi connectivity index (χ3n) is 9.58. The Morgan fingerprint density at radius 1 is 0.600 bits per heavy atom. The molecule has 4 unspecified atom stereocenters. The summed E-state index contributed by atoms with van der Waals surface area (Å²) in [5.74, 6) is 2.28. The van der Waals surface area contributed by atoms with Crippen LogP contribution < -0.4 is 5.32 Å². The minimum atomic E-state index is -0.399. The zero-order valence-corrected chi connectivity index (χ0v) is 27.7. The van der Waals surface area contributed by atoms with Crippen molar-refractivity contribution in [1.29, 1.82) is 0 Å². The summed E-state index contributed by atoms with van der Waals surface area (Å²) in [6, 6.07) is -0.0808. The lowest BCUT2D eigenvalue weighted by Gasteiger charge is -2.23. The van der Waals surface area contributed by atoms with Crippen LogP contribution in [0.25, 0.3) is 0 Å². The van der Waals surface area contributed by atoms with E-state index < -0.39 is 6.10 Å². The van der Waals surface area contributed by atoms with Gasteiger partial charge in [-0.3, -0.25) is 4.79 Å². The second-order valence-corrected chi connectivity index (χ2v) is 13.4. The SMILES string of the molecule is CCCCCCCCCCCCCCC(=O)NC(CC)C(O)CCCCCCCCCC1CC1CCCCCC. The molecule has 2 N–H and O–H groups in total. The zero-order valence-electron chi connectivity index (χ0n) is 27.7. The van der Waals surface area contributed by atoms with Gasteiger partial charge in [-0.2, -0.15) is 0 Å². The van der Waals surface area contributed by atoms with Crippen LogP contribution in [0.3, 0.4) is 0 Å². The summed E-state index contributed by atoms with van der Waals surface area (Å²) in [7, 11) is 0. The van der Waals surface area contributed by atoms with E-state index in [4.69, 9.17) is 0 Å². The highest BCUT2D eigenvalue weighted by molar-refractivity contribution is 5.76. The number of nitrogens with one attached hydrogen (secondary N) is 1. The van der Waals surface area contributed by atoms with Gasteiger partial charge in [0.2, 0.25) is 5.91 Å². The fourth-order valence-corrected chi connectivity index (χ4v) is 6.57. The zero-order chi connectivity index (χ0) is 29.1. The standard InChI is InChI=1S/C37H73NO2/c1-4-7-9-11-12-13-14-15-16-20-23-27-31-37(40)38-35(6-3)36(39)30-26-22-19-17-18-21-25-29-34-32-33(34)28-24-10-8-5-2/h33-36,39H,4-32H2,1-3H3,(H,38,40). The number of rotatable bonds is 31. The first kappa shape index (κ1) is 37.5. The number of aliphatic hydroxyl groups is 1. The molecule has 3 heteroatoms. The van der Waals surface area contributed by atoms with Crippen LogP contribution in [0.15, 0.2) is 0 Å². The lowest BCUT2D eigenvalue weighted by molar-refractivity contribution is -0.122. The molecule has 0 spiro atoms. The summed E-state index contributed by atoms with van der Waals surface area (Å²) >= 11 is 0. The molecule has 0 aliphatic heterocycles. The highest BCUT2D eigenvalue weighted by Gasteiger charge is 2.34. The van der Waals surface area contributed by atoms with Crippen LogP contribution in [-0.2, 0) is 4.79 Å². The molecule has 0 aromatic carbocycles. The van der Waals surface area contributed by atoms with Gasteiger partial charge in [0.05, 0.1) is 12.1 Å². The Morgan fingerprint density at radius 3 is 1.48 bits per heavy atom. The van der Waals surface area contributed by atoms with E-state index >= 15 is 0 Å². The third-order valence-corrected chi connectivity index (χ3v) is 9.58. The van der Waals surface area contributed by atoms with E-state index in [-0.39, 0.29) is 11.9 Å².